The summed E-state index contributed by atoms with van der Waals surface area (Å²) in [6, 6.07) is 3.83. The molecule has 1 aromatic heterocycles. The summed E-state index contributed by atoms with van der Waals surface area (Å²) < 4.78 is 10.4. The summed E-state index contributed by atoms with van der Waals surface area (Å²) in [5, 5.41) is 2.62. The number of esters is 1. The van der Waals surface area contributed by atoms with Gasteiger partial charge in [-0.25, -0.2) is 0 Å². The number of ether oxygens (including phenoxy) is 1. The summed E-state index contributed by atoms with van der Waals surface area (Å²) in [6.07, 6.45) is 4.39. The van der Waals surface area contributed by atoms with Crippen LogP contribution in [0.2, 0.25) is 0 Å². The molecule has 1 N–H and O–H groups in total. The molecule has 1 aromatic rings. The highest BCUT2D eigenvalue weighted by Crippen LogP contribution is 2.47. The quantitative estimate of drug-likeness (QED) is 0.619. The van der Waals surface area contributed by atoms with Crippen LogP contribution >= 0.6 is 0 Å². The van der Waals surface area contributed by atoms with Crippen molar-refractivity contribution in [3.63, 3.8) is 0 Å². The van der Waals surface area contributed by atoms with Crippen molar-refractivity contribution in [3.05, 3.63) is 29.7 Å². The van der Waals surface area contributed by atoms with Gasteiger partial charge in [0.2, 0.25) is 5.91 Å². The van der Waals surface area contributed by atoms with Gasteiger partial charge in [-0.2, -0.15) is 0 Å². The lowest BCUT2D eigenvalue weighted by Crippen LogP contribution is -2.24. The van der Waals surface area contributed by atoms with Gasteiger partial charge in [0.25, 0.3) is 0 Å². The number of amides is 1. The molecule has 1 saturated carbocycles. The van der Waals surface area contributed by atoms with E-state index in [2.05, 4.69) is 12.2 Å². The number of rotatable bonds is 7. The normalized spacial score (nSPS) is 20.5. The number of carbonyl (C=O) groups excluding carboxylic acids is 2. The van der Waals surface area contributed by atoms with Gasteiger partial charge in [-0.1, -0.05) is 6.92 Å². The summed E-state index contributed by atoms with van der Waals surface area (Å²) in [7, 11) is 0. The Labute approximate surface area is 124 Å². The minimum atomic E-state index is -0.309. The molecule has 0 aliphatic heterocycles. The monoisotopic (exact) mass is 291 g/mol. The summed E-state index contributed by atoms with van der Waals surface area (Å²) in [4.78, 5) is 22.7. The fraction of sp³-hybridized carbons (Fsp3) is 0.500. The van der Waals surface area contributed by atoms with Crippen LogP contribution < -0.4 is 5.32 Å². The van der Waals surface area contributed by atoms with Crippen molar-refractivity contribution in [1.82, 2.24) is 5.32 Å². The summed E-state index contributed by atoms with van der Waals surface area (Å²) in [6.45, 7) is 4.57. The maximum Gasteiger partial charge on any atom is 0.307 e. The number of hydrogen-bond acceptors (Lipinski definition) is 4. The Morgan fingerprint density at radius 2 is 2.24 bits per heavy atom. The van der Waals surface area contributed by atoms with Crippen molar-refractivity contribution >= 4 is 18.0 Å². The number of nitrogens with one attached hydrogen (secondary N) is 1. The van der Waals surface area contributed by atoms with Crippen LogP contribution in [-0.4, -0.2) is 25.0 Å². The van der Waals surface area contributed by atoms with Gasteiger partial charge in [0.1, 0.15) is 11.5 Å². The van der Waals surface area contributed by atoms with E-state index in [1.807, 2.05) is 12.1 Å². The first-order valence-corrected chi connectivity index (χ1v) is 7.31. The second-order valence-electron chi connectivity index (χ2n) is 5.24. The lowest BCUT2D eigenvalue weighted by atomic mass is 10.3. The van der Waals surface area contributed by atoms with Crippen molar-refractivity contribution in [1.29, 1.82) is 0 Å². The van der Waals surface area contributed by atoms with Crippen LogP contribution in [-0.2, 0) is 14.3 Å². The Morgan fingerprint density at radius 1 is 1.48 bits per heavy atom. The minimum absolute atomic E-state index is 0.178. The highest BCUT2D eigenvalue weighted by atomic mass is 16.5. The second-order valence-corrected chi connectivity index (χ2v) is 5.24. The third-order valence-corrected chi connectivity index (χ3v) is 3.46. The summed E-state index contributed by atoms with van der Waals surface area (Å²) in [5.41, 5.74) is 0. The standard InChI is InChI=1S/C16H21NO4/c1-3-20-16(19)8-9-17-15(18)7-5-12-4-6-14(21-12)13-10-11(13)2/h4-7,11,13H,3,8-10H2,1-2H3,(H,17,18). The van der Waals surface area contributed by atoms with Crippen molar-refractivity contribution in [2.75, 3.05) is 13.2 Å². The molecular weight excluding hydrogens is 270 g/mol. The van der Waals surface area contributed by atoms with Crippen LogP contribution in [0.3, 0.4) is 0 Å². The molecule has 0 bridgehead atoms. The van der Waals surface area contributed by atoms with E-state index in [-0.39, 0.29) is 24.8 Å². The molecule has 0 aromatic carbocycles. The lowest BCUT2D eigenvalue weighted by molar-refractivity contribution is -0.142. The Balaban J connectivity index is 1.72. The minimum Gasteiger partial charge on any atom is -0.466 e. The molecule has 2 rings (SSSR count). The Bertz CT molecular complexity index is 532. The van der Waals surface area contributed by atoms with E-state index < -0.39 is 0 Å². The van der Waals surface area contributed by atoms with E-state index in [4.69, 9.17) is 9.15 Å². The zero-order chi connectivity index (χ0) is 15.2. The third-order valence-electron chi connectivity index (χ3n) is 3.46. The third kappa shape index (κ3) is 4.77. The summed E-state index contributed by atoms with van der Waals surface area (Å²) in [5.74, 6) is 2.33. The number of hydrogen-bond donors (Lipinski definition) is 1. The lowest BCUT2D eigenvalue weighted by Gasteiger charge is -2.02. The molecule has 2 unspecified atom stereocenters. The molecular formula is C16H21NO4. The van der Waals surface area contributed by atoms with Crippen LogP contribution in [0.4, 0.5) is 0 Å². The van der Waals surface area contributed by atoms with E-state index in [9.17, 15) is 9.59 Å². The Hall–Kier alpha value is -2.04. The van der Waals surface area contributed by atoms with Crippen LogP contribution in [0, 0.1) is 5.92 Å². The molecule has 0 radical (unpaired) electrons. The predicted octanol–water partition coefficient (Wildman–Crippen LogP) is 2.49. The van der Waals surface area contributed by atoms with Crippen molar-refractivity contribution in [2.24, 2.45) is 5.92 Å². The van der Waals surface area contributed by atoms with Crippen molar-refractivity contribution < 1.29 is 18.7 Å². The Kier molecular flexibility index (Phi) is 5.20. The van der Waals surface area contributed by atoms with Gasteiger partial charge in [-0.05, 0) is 37.5 Å². The molecule has 114 valence electrons. The first kappa shape index (κ1) is 15.4. The van der Waals surface area contributed by atoms with E-state index in [1.54, 1.807) is 13.0 Å². The van der Waals surface area contributed by atoms with Gasteiger partial charge in [0, 0.05) is 18.5 Å². The molecule has 1 amide bonds. The van der Waals surface area contributed by atoms with Crippen LogP contribution in [0.1, 0.15) is 44.1 Å². The van der Waals surface area contributed by atoms with Crippen molar-refractivity contribution in [2.45, 2.75) is 32.6 Å². The molecule has 5 heteroatoms. The first-order chi connectivity index (χ1) is 10.1. The number of carbonyl (C=O) groups is 2. The van der Waals surface area contributed by atoms with Gasteiger partial charge < -0.3 is 14.5 Å². The fourth-order valence-electron chi connectivity index (χ4n) is 2.11. The zero-order valence-electron chi connectivity index (χ0n) is 12.4. The van der Waals surface area contributed by atoms with Gasteiger partial charge in [0.15, 0.2) is 0 Å². The molecule has 0 saturated heterocycles. The SMILES string of the molecule is CCOC(=O)CCNC(=O)C=Cc1ccc(C2CC2C)o1. The summed E-state index contributed by atoms with van der Waals surface area (Å²) >= 11 is 0. The molecule has 5 nitrogen and oxygen atoms in total. The van der Waals surface area contributed by atoms with Crippen LogP contribution in [0.15, 0.2) is 22.6 Å². The van der Waals surface area contributed by atoms with Gasteiger partial charge in [-0.3, -0.25) is 9.59 Å². The average molecular weight is 291 g/mol. The van der Waals surface area contributed by atoms with E-state index >= 15 is 0 Å². The van der Waals surface area contributed by atoms with Gasteiger partial charge in [-0.15, -0.1) is 0 Å². The fourth-order valence-corrected chi connectivity index (χ4v) is 2.11. The molecule has 1 aliphatic carbocycles. The van der Waals surface area contributed by atoms with E-state index in [0.29, 0.717) is 24.2 Å². The highest BCUT2D eigenvalue weighted by molar-refractivity contribution is 5.91. The second kappa shape index (κ2) is 7.11. The predicted molar refractivity (Wildman–Crippen MR) is 78.5 cm³/mol. The van der Waals surface area contributed by atoms with Crippen LogP contribution in [0.5, 0.6) is 0 Å². The maximum atomic E-state index is 11.6. The topological polar surface area (TPSA) is 68.5 Å². The van der Waals surface area contributed by atoms with E-state index in [1.165, 1.54) is 12.5 Å². The maximum absolute atomic E-state index is 11.6. The molecule has 21 heavy (non-hydrogen) atoms. The zero-order valence-corrected chi connectivity index (χ0v) is 12.4. The van der Waals surface area contributed by atoms with Gasteiger partial charge >= 0.3 is 5.97 Å². The van der Waals surface area contributed by atoms with Crippen molar-refractivity contribution in [3.8, 4) is 0 Å². The molecule has 0 spiro atoms. The van der Waals surface area contributed by atoms with E-state index in [0.717, 1.165) is 5.76 Å². The molecule has 1 heterocycles. The highest BCUT2D eigenvalue weighted by Gasteiger charge is 2.36. The number of furan rings is 1. The Morgan fingerprint density at radius 3 is 2.90 bits per heavy atom. The molecule has 1 aliphatic rings. The molecule has 1 fully saturated rings. The first-order valence-electron chi connectivity index (χ1n) is 7.31. The van der Waals surface area contributed by atoms with Gasteiger partial charge in [0.05, 0.1) is 13.0 Å². The molecule has 2 atom stereocenters. The van der Waals surface area contributed by atoms with Crippen LogP contribution in [0.25, 0.3) is 6.08 Å². The largest absolute Gasteiger partial charge is 0.466 e. The smallest absolute Gasteiger partial charge is 0.307 e. The average Bonchev–Trinajstić information content (AvgIpc) is 3.00.